The summed E-state index contributed by atoms with van der Waals surface area (Å²) in [6.45, 7) is 3.79. The van der Waals surface area contributed by atoms with Crippen LogP contribution >= 0.6 is 0 Å². The van der Waals surface area contributed by atoms with Crippen LogP contribution in [-0.4, -0.2) is 63.2 Å². The summed E-state index contributed by atoms with van der Waals surface area (Å²) in [7, 11) is -3.18. The molecule has 3 aromatic carbocycles. The molecular weight excluding hydrogens is 424 g/mol. The molecule has 0 N–H and O–H groups in total. The van der Waals surface area contributed by atoms with Gasteiger partial charge in [0.05, 0.1) is 4.90 Å². The lowest BCUT2D eigenvalue weighted by Crippen LogP contribution is -2.38. The van der Waals surface area contributed by atoms with Crippen molar-refractivity contribution in [2.75, 3.05) is 39.0 Å². The molecule has 1 aliphatic rings. The Morgan fingerprint density at radius 1 is 0.906 bits per heavy atom. The van der Waals surface area contributed by atoms with Crippen LogP contribution in [0.2, 0.25) is 0 Å². The number of sulfone groups is 1. The highest BCUT2D eigenvalue weighted by atomic mass is 32.2. The van der Waals surface area contributed by atoms with Crippen LogP contribution in [0, 0.1) is 0 Å². The minimum atomic E-state index is -3.18. The van der Waals surface area contributed by atoms with E-state index in [-0.39, 0.29) is 12.5 Å². The highest BCUT2D eigenvalue weighted by molar-refractivity contribution is 7.90. The van der Waals surface area contributed by atoms with Crippen LogP contribution in [0.5, 0.6) is 5.75 Å². The molecule has 1 saturated heterocycles. The lowest BCUT2D eigenvalue weighted by atomic mass is 10.1. The van der Waals surface area contributed by atoms with E-state index < -0.39 is 9.84 Å². The van der Waals surface area contributed by atoms with Crippen LogP contribution in [0.3, 0.4) is 0 Å². The van der Waals surface area contributed by atoms with Crippen LogP contribution in [0.4, 0.5) is 0 Å². The fourth-order valence-electron chi connectivity index (χ4n) is 4.03. The molecule has 0 saturated carbocycles. The van der Waals surface area contributed by atoms with Crippen LogP contribution in [0.1, 0.15) is 12.0 Å². The Bertz CT molecular complexity index is 1190. The quantitative estimate of drug-likeness (QED) is 0.574. The molecule has 3 aromatic rings. The van der Waals surface area contributed by atoms with Gasteiger partial charge < -0.3 is 9.64 Å². The van der Waals surface area contributed by atoms with Gasteiger partial charge in [-0.15, -0.1) is 0 Å². The monoisotopic (exact) mass is 452 g/mol. The number of rotatable bonds is 6. The third-order valence-corrected chi connectivity index (χ3v) is 6.93. The molecular formula is C25H28N2O4S. The molecule has 168 valence electrons. The molecule has 6 nitrogen and oxygen atoms in total. The number of carbonyl (C=O) groups excluding carboxylic acids is 1. The van der Waals surface area contributed by atoms with Crippen LogP contribution in [-0.2, 0) is 21.2 Å². The smallest absolute Gasteiger partial charge is 0.260 e. The van der Waals surface area contributed by atoms with Crippen molar-refractivity contribution in [3.05, 3.63) is 72.3 Å². The minimum Gasteiger partial charge on any atom is -0.483 e. The van der Waals surface area contributed by atoms with Gasteiger partial charge in [0.1, 0.15) is 5.75 Å². The molecule has 32 heavy (non-hydrogen) atoms. The molecule has 1 amide bonds. The first-order valence-electron chi connectivity index (χ1n) is 10.8. The van der Waals surface area contributed by atoms with E-state index >= 15 is 0 Å². The highest BCUT2D eigenvalue weighted by Gasteiger charge is 2.20. The standard InChI is InChI=1S/C25H28N2O4S/c1-32(29,30)22-12-10-20(11-13-22)18-26-14-5-15-27(17-16-26)25(28)19-31-24-9-4-7-21-6-2-3-8-23(21)24/h2-4,6-13H,5,14-19H2,1H3. The number of hydrogen-bond acceptors (Lipinski definition) is 5. The second kappa shape index (κ2) is 9.71. The number of ether oxygens (including phenoxy) is 1. The number of fused-ring (bicyclic) bond motifs is 1. The Morgan fingerprint density at radius 2 is 1.66 bits per heavy atom. The zero-order chi connectivity index (χ0) is 22.6. The summed E-state index contributed by atoms with van der Waals surface area (Å²) in [6, 6.07) is 20.9. The van der Waals surface area contributed by atoms with Gasteiger partial charge in [-0.25, -0.2) is 8.42 Å². The van der Waals surface area contributed by atoms with E-state index in [0.29, 0.717) is 18.0 Å². The summed E-state index contributed by atoms with van der Waals surface area (Å²) in [5.41, 5.74) is 1.07. The first-order valence-corrected chi connectivity index (χ1v) is 12.7. The second-order valence-corrected chi connectivity index (χ2v) is 10.2. The molecule has 0 bridgehead atoms. The van der Waals surface area contributed by atoms with E-state index in [9.17, 15) is 13.2 Å². The van der Waals surface area contributed by atoms with E-state index in [1.54, 1.807) is 12.1 Å². The Balaban J connectivity index is 1.31. The van der Waals surface area contributed by atoms with Gasteiger partial charge in [-0.05, 0) is 35.6 Å². The average Bonchev–Trinajstić information content (AvgIpc) is 3.03. The number of carbonyl (C=O) groups is 1. The van der Waals surface area contributed by atoms with Gasteiger partial charge in [-0.1, -0.05) is 48.5 Å². The summed E-state index contributed by atoms with van der Waals surface area (Å²) in [6.07, 6.45) is 2.10. The maximum absolute atomic E-state index is 12.8. The maximum Gasteiger partial charge on any atom is 0.260 e. The second-order valence-electron chi connectivity index (χ2n) is 8.19. The average molecular weight is 453 g/mol. The van der Waals surface area contributed by atoms with Crippen LogP contribution in [0.15, 0.2) is 71.6 Å². The first-order chi connectivity index (χ1) is 15.4. The fourth-order valence-corrected chi connectivity index (χ4v) is 4.66. The predicted molar refractivity (Wildman–Crippen MR) is 125 cm³/mol. The lowest BCUT2D eigenvalue weighted by Gasteiger charge is -2.22. The van der Waals surface area contributed by atoms with E-state index in [0.717, 1.165) is 48.1 Å². The Kier molecular flexibility index (Phi) is 6.77. The Hall–Kier alpha value is -2.90. The van der Waals surface area contributed by atoms with Crippen molar-refractivity contribution in [2.45, 2.75) is 17.9 Å². The molecule has 7 heteroatoms. The molecule has 0 spiro atoms. The van der Waals surface area contributed by atoms with Crippen LogP contribution in [0.25, 0.3) is 10.8 Å². The topological polar surface area (TPSA) is 66.9 Å². The zero-order valence-electron chi connectivity index (χ0n) is 18.2. The van der Waals surface area contributed by atoms with E-state index in [2.05, 4.69) is 4.90 Å². The minimum absolute atomic E-state index is 0.00251. The van der Waals surface area contributed by atoms with Crippen molar-refractivity contribution in [1.82, 2.24) is 9.80 Å². The molecule has 0 aromatic heterocycles. The molecule has 0 radical (unpaired) electrons. The Labute approximate surface area is 189 Å². The number of hydrogen-bond donors (Lipinski definition) is 0. The van der Waals surface area contributed by atoms with Crippen LogP contribution < -0.4 is 4.74 Å². The van der Waals surface area contributed by atoms with Gasteiger partial charge in [-0.3, -0.25) is 9.69 Å². The molecule has 1 heterocycles. The van der Waals surface area contributed by atoms with Crippen molar-refractivity contribution >= 4 is 26.5 Å². The molecule has 0 atom stereocenters. The largest absolute Gasteiger partial charge is 0.483 e. The third-order valence-electron chi connectivity index (χ3n) is 5.80. The first kappa shape index (κ1) is 22.3. The van der Waals surface area contributed by atoms with E-state index in [1.165, 1.54) is 6.26 Å². The fraction of sp³-hybridized carbons (Fsp3) is 0.320. The van der Waals surface area contributed by atoms with Crippen molar-refractivity contribution in [1.29, 1.82) is 0 Å². The van der Waals surface area contributed by atoms with Crippen molar-refractivity contribution in [3.63, 3.8) is 0 Å². The zero-order valence-corrected chi connectivity index (χ0v) is 19.1. The summed E-state index contributed by atoms with van der Waals surface area (Å²) < 4.78 is 29.1. The van der Waals surface area contributed by atoms with Gasteiger partial charge in [0.25, 0.3) is 5.91 Å². The summed E-state index contributed by atoms with van der Waals surface area (Å²) in [4.78, 5) is 17.3. The van der Waals surface area contributed by atoms with E-state index in [1.807, 2.05) is 59.5 Å². The molecule has 1 fully saturated rings. The normalized spacial score (nSPS) is 15.5. The Morgan fingerprint density at radius 3 is 2.44 bits per heavy atom. The van der Waals surface area contributed by atoms with Crippen molar-refractivity contribution < 1.29 is 17.9 Å². The molecule has 4 rings (SSSR count). The molecule has 1 aliphatic heterocycles. The maximum atomic E-state index is 12.8. The van der Waals surface area contributed by atoms with Gasteiger partial charge in [0, 0.05) is 44.4 Å². The number of benzene rings is 3. The predicted octanol–water partition coefficient (Wildman–Crippen LogP) is 3.36. The SMILES string of the molecule is CS(=O)(=O)c1ccc(CN2CCCN(C(=O)COc3cccc4ccccc34)CC2)cc1. The number of nitrogens with zero attached hydrogens (tertiary/aromatic N) is 2. The van der Waals surface area contributed by atoms with Gasteiger partial charge >= 0.3 is 0 Å². The molecule has 0 unspecified atom stereocenters. The lowest BCUT2D eigenvalue weighted by molar-refractivity contribution is -0.133. The number of amides is 1. The summed E-state index contributed by atoms with van der Waals surface area (Å²) >= 11 is 0. The highest BCUT2D eigenvalue weighted by Crippen LogP contribution is 2.25. The molecule has 0 aliphatic carbocycles. The summed E-state index contributed by atoms with van der Waals surface area (Å²) in [5, 5.41) is 2.10. The van der Waals surface area contributed by atoms with Gasteiger partial charge in [-0.2, -0.15) is 0 Å². The van der Waals surface area contributed by atoms with Crippen molar-refractivity contribution in [3.8, 4) is 5.75 Å². The third kappa shape index (κ3) is 5.47. The van der Waals surface area contributed by atoms with E-state index in [4.69, 9.17) is 4.74 Å². The van der Waals surface area contributed by atoms with Crippen molar-refractivity contribution in [2.24, 2.45) is 0 Å². The van der Waals surface area contributed by atoms with Gasteiger partial charge in [0.15, 0.2) is 16.4 Å². The summed E-state index contributed by atoms with van der Waals surface area (Å²) in [5.74, 6) is 0.725. The van der Waals surface area contributed by atoms with Gasteiger partial charge in [0.2, 0.25) is 0 Å².